The molecular weight excluding hydrogens is 322 g/mol. The minimum atomic E-state index is 0.309. The van der Waals surface area contributed by atoms with Crippen molar-refractivity contribution in [2.75, 3.05) is 10.6 Å². The highest BCUT2D eigenvalue weighted by Crippen LogP contribution is 2.21. The number of nitrogens with one attached hydrogen (secondary N) is 2. The molecule has 0 amide bonds. The molecule has 0 aliphatic carbocycles. The van der Waals surface area contributed by atoms with Crippen LogP contribution < -0.4 is 10.6 Å². The Labute approximate surface area is 154 Å². The van der Waals surface area contributed by atoms with E-state index in [4.69, 9.17) is 0 Å². The third-order valence-electron chi connectivity index (χ3n) is 4.27. The molecule has 0 aliphatic rings. The van der Waals surface area contributed by atoms with E-state index in [2.05, 4.69) is 70.6 Å². The first-order valence-corrected chi connectivity index (χ1v) is 8.99. The van der Waals surface area contributed by atoms with Crippen LogP contribution in [0.3, 0.4) is 0 Å². The Morgan fingerprint density at radius 1 is 1.08 bits per heavy atom. The van der Waals surface area contributed by atoms with Crippen molar-refractivity contribution in [3.05, 3.63) is 66.0 Å². The van der Waals surface area contributed by atoms with E-state index in [-0.39, 0.29) is 0 Å². The first-order chi connectivity index (χ1) is 12.6. The van der Waals surface area contributed by atoms with Gasteiger partial charge in [0.15, 0.2) is 0 Å². The van der Waals surface area contributed by atoms with Crippen LogP contribution in [0.5, 0.6) is 0 Å². The molecule has 134 valence electrons. The topological polar surface area (TPSA) is 62.7 Å². The Hall–Kier alpha value is -2.95. The predicted octanol–water partition coefficient (Wildman–Crippen LogP) is 4.67. The minimum Gasteiger partial charge on any atom is -0.366 e. The first-order valence-electron chi connectivity index (χ1n) is 8.99. The molecule has 0 radical (unpaired) electrons. The SMILES string of the molecule is CC[C@H](C)Nc1nc(NCc2ccc(C)cc2)cc(-c2cccnc2)n1. The van der Waals surface area contributed by atoms with Crippen LogP contribution >= 0.6 is 0 Å². The zero-order valence-corrected chi connectivity index (χ0v) is 15.5. The maximum absolute atomic E-state index is 4.66. The maximum Gasteiger partial charge on any atom is 0.225 e. The normalized spacial score (nSPS) is 11.8. The molecule has 5 heteroatoms. The molecule has 0 saturated carbocycles. The van der Waals surface area contributed by atoms with Crippen LogP contribution in [0.4, 0.5) is 11.8 Å². The number of aryl methyl sites for hydroxylation is 1. The van der Waals surface area contributed by atoms with Gasteiger partial charge in [-0.05, 0) is 38.0 Å². The van der Waals surface area contributed by atoms with Gasteiger partial charge in [-0.25, -0.2) is 4.98 Å². The van der Waals surface area contributed by atoms with Gasteiger partial charge in [-0.15, -0.1) is 0 Å². The van der Waals surface area contributed by atoms with Crippen molar-refractivity contribution in [1.29, 1.82) is 0 Å². The van der Waals surface area contributed by atoms with Gasteiger partial charge in [0.05, 0.1) is 5.69 Å². The number of hydrogen-bond donors (Lipinski definition) is 2. The predicted molar refractivity (Wildman–Crippen MR) is 107 cm³/mol. The third kappa shape index (κ3) is 4.79. The standard InChI is InChI=1S/C21H25N5/c1-4-16(3)24-21-25-19(18-6-5-11-22-14-18)12-20(26-21)23-13-17-9-7-15(2)8-10-17/h5-12,14,16H,4,13H2,1-3H3,(H2,23,24,25,26)/t16-/m0/s1. The highest BCUT2D eigenvalue weighted by atomic mass is 15.2. The van der Waals surface area contributed by atoms with Crippen molar-refractivity contribution in [3.63, 3.8) is 0 Å². The molecule has 0 fully saturated rings. The van der Waals surface area contributed by atoms with Gasteiger partial charge >= 0.3 is 0 Å². The van der Waals surface area contributed by atoms with Gasteiger partial charge in [0.25, 0.3) is 0 Å². The van der Waals surface area contributed by atoms with Gasteiger partial charge in [-0.2, -0.15) is 4.98 Å². The van der Waals surface area contributed by atoms with E-state index < -0.39 is 0 Å². The lowest BCUT2D eigenvalue weighted by molar-refractivity contribution is 0.753. The van der Waals surface area contributed by atoms with Crippen LogP contribution in [-0.2, 0) is 6.54 Å². The van der Waals surface area contributed by atoms with Crippen LogP contribution in [0.2, 0.25) is 0 Å². The Balaban J connectivity index is 1.85. The lowest BCUT2D eigenvalue weighted by atomic mass is 10.1. The van der Waals surface area contributed by atoms with E-state index in [9.17, 15) is 0 Å². The van der Waals surface area contributed by atoms with E-state index in [1.54, 1.807) is 6.20 Å². The molecule has 2 aromatic heterocycles. The van der Waals surface area contributed by atoms with Crippen molar-refractivity contribution in [2.45, 2.75) is 39.8 Å². The number of benzene rings is 1. The average molecular weight is 347 g/mol. The summed E-state index contributed by atoms with van der Waals surface area (Å²) >= 11 is 0. The van der Waals surface area contributed by atoms with Crippen molar-refractivity contribution >= 4 is 11.8 Å². The van der Waals surface area contributed by atoms with Gasteiger partial charge in [0, 0.05) is 36.6 Å². The van der Waals surface area contributed by atoms with Gasteiger partial charge in [0.2, 0.25) is 5.95 Å². The Kier molecular flexibility index (Phi) is 5.79. The van der Waals surface area contributed by atoms with E-state index in [0.29, 0.717) is 18.5 Å². The molecule has 26 heavy (non-hydrogen) atoms. The number of rotatable bonds is 7. The Morgan fingerprint density at radius 3 is 2.58 bits per heavy atom. The summed E-state index contributed by atoms with van der Waals surface area (Å²) in [5.74, 6) is 1.43. The van der Waals surface area contributed by atoms with Crippen molar-refractivity contribution < 1.29 is 0 Å². The quantitative estimate of drug-likeness (QED) is 0.650. The van der Waals surface area contributed by atoms with Crippen LogP contribution in [-0.4, -0.2) is 21.0 Å². The van der Waals surface area contributed by atoms with Gasteiger partial charge < -0.3 is 10.6 Å². The van der Waals surface area contributed by atoms with Gasteiger partial charge in [-0.3, -0.25) is 4.98 Å². The molecule has 0 aliphatic heterocycles. The fourth-order valence-electron chi connectivity index (χ4n) is 2.49. The van der Waals surface area contributed by atoms with E-state index in [1.165, 1.54) is 11.1 Å². The average Bonchev–Trinajstić information content (AvgIpc) is 2.68. The molecule has 5 nitrogen and oxygen atoms in total. The summed E-state index contributed by atoms with van der Waals surface area (Å²) in [5.41, 5.74) is 4.30. The van der Waals surface area contributed by atoms with Gasteiger partial charge in [0.1, 0.15) is 5.82 Å². The Morgan fingerprint density at radius 2 is 1.88 bits per heavy atom. The second-order valence-corrected chi connectivity index (χ2v) is 6.50. The molecule has 1 atom stereocenters. The molecular formula is C21H25N5. The molecule has 2 N–H and O–H groups in total. The second kappa shape index (κ2) is 8.43. The summed E-state index contributed by atoms with van der Waals surface area (Å²) in [6, 6.07) is 14.7. The number of aromatic nitrogens is 3. The molecule has 3 rings (SSSR count). The number of hydrogen-bond acceptors (Lipinski definition) is 5. The molecule has 0 spiro atoms. The molecule has 0 bridgehead atoms. The van der Waals surface area contributed by atoms with Crippen molar-refractivity contribution in [1.82, 2.24) is 15.0 Å². The Bertz CT molecular complexity index is 831. The van der Waals surface area contributed by atoms with Crippen molar-refractivity contribution in [2.24, 2.45) is 0 Å². The smallest absolute Gasteiger partial charge is 0.225 e. The summed E-state index contributed by atoms with van der Waals surface area (Å²) in [6.07, 6.45) is 4.59. The minimum absolute atomic E-state index is 0.309. The zero-order valence-electron chi connectivity index (χ0n) is 15.5. The summed E-state index contributed by atoms with van der Waals surface area (Å²) in [6.45, 7) is 7.07. The maximum atomic E-state index is 4.66. The number of anilines is 2. The lowest BCUT2D eigenvalue weighted by Gasteiger charge is -2.14. The third-order valence-corrected chi connectivity index (χ3v) is 4.27. The first kappa shape index (κ1) is 17.9. The largest absolute Gasteiger partial charge is 0.366 e. The highest BCUT2D eigenvalue weighted by molar-refractivity contribution is 5.63. The fourth-order valence-corrected chi connectivity index (χ4v) is 2.49. The lowest BCUT2D eigenvalue weighted by Crippen LogP contribution is -2.16. The van der Waals surface area contributed by atoms with Crippen molar-refractivity contribution in [3.8, 4) is 11.3 Å². The van der Waals surface area contributed by atoms with E-state index in [0.717, 1.165) is 23.5 Å². The summed E-state index contributed by atoms with van der Waals surface area (Å²) < 4.78 is 0. The monoisotopic (exact) mass is 347 g/mol. The fraction of sp³-hybridized carbons (Fsp3) is 0.286. The second-order valence-electron chi connectivity index (χ2n) is 6.50. The van der Waals surface area contributed by atoms with Crippen LogP contribution in [0.1, 0.15) is 31.4 Å². The van der Waals surface area contributed by atoms with E-state index in [1.807, 2.05) is 24.4 Å². The summed E-state index contributed by atoms with van der Waals surface area (Å²) in [4.78, 5) is 13.5. The molecule has 0 saturated heterocycles. The molecule has 0 unspecified atom stereocenters. The highest BCUT2D eigenvalue weighted by Gasteiger charge is 2.09. The van der Waals surface area contributed by atoms with E-state index >= 15 is 0 Å². The molecule has 1 aromatic carbocycles. The van der Waals surface area contributed by atoms with Crippen LogP contribution in [0.15, 0.2) is 54.9 Å². The zero-order chi connectivity index (χ0) is 18.4. The number of nitrogens with zero attached hydrogens (tertiary/aromatic N) is 3. The number of pyridine rings is 1. The van der Waals surface area contributed by atoms with Gasteiger partial charge in [-0.1, -0.05) is 36.8 Å². The van der Waals surface area contributed by atoms with Crippen LogP contribution in [0.25, 0.3) is 11.3 Å². The summed E-state index contributed by atoms with van der Waals surface area (Å²) in [7, 11) is 0. The molecule has 2 heterocycles. The molecule has 3 aromatic rings. The van der Waals surface area contributed by atoms with Crippen LogP contribution in [0, 0.1) is 6.92 Å². The summed E-state index contributed by atoms with van der Waals surface area (Å²) in [5, 5.41) is 6.78.